The van der Waals surface area contributed by atoms with Crippen LogP contribution in [0.1, 0.15) is 96.9 Å². The Kier molecular flexibility index (Phi) is 19.6. The fraction of sp³-hybridized carbons (Fsp3) is 0.850. The molecular weight excluding hydrogens is 953 g/mol. The van der Waals surface area contributed by atoms with E-state index in [0.29, 0.717) is 42.3 Å². The third-order valence-corrected chi connectivity index (χ3v) is 54.7. The van der Waals surface area contributed by atoms with Crippen molar-refractivity contribution in [2.75, 3.05) is 0 Å². The molecule has 22 heteroatoms. The third kappa shape index (κ3) is 16.0. The first-order valence-corrected chi connectivity index (χ1v) is 45.9. The number of rotatable bonds is 23. The van der Waals surface area contributed by atoms with Crippen molar-refractivity contribution in [3.8, 4) is 0 Å². The molecule has 3 aliphatic rings. The minimum atomic E-state index is -4.11. The molecule has 0 saturated carbocycles. The average molecular weight is 1040 g/mol. The summed E-state index contributed by atoms with van der Waals surface area (Å²) in [4.78, 5) is 0. The maximum absolute atomic E-state index is 8.02. The largest absolute Gasteiger partial charge is 0.479 e. The highest BCUT2D eigenvalue weighted by atomic mass is 28.6. The summed E-state index contributed by atoms with van der Waals surface area (Å²) < 4.78 is 94.8. The van der Waals surface area contributed by atoms with Gasteiger partial charge in [-0.15, -0.1) is 19.7 Å². The van der Waals surface area contributed by atoms with E-state index in [1.165, 1.54) is 0 Å². The molecule has 0 spiro atoms. The zero-order chi connectivity index (χ0) is 47.6. The van der Waals surface area contributed by atoms with Gasteiger partial charge in [0.25, 0.3) is 0 Å². The van der Waals surface area contributed by atoms with Crippen molar-refractivity contribution in [1.82, 2.24) is 0 Å². The van der Waals surface area contributed by atoms with Crippen LogP contribution in [0.15, 0.2) is 36.8 Å². The van der Waals surface area contributed by atoms with Crippen molar-refractivity contribution in [1.29, 1.82) is 0 Å². The van der Waals surface area contributed by atoms with Crippen LogP contribution in [0.2, 0.25) is 81.6 Å². The van der Waals surface area contributed by atoms with Gasteiger partial charge in [-0.2, -0.15) is 0 Å². The minimum Gasteiger partial charge on any atom is -0.413 e. The van der Waals surface area contributed by atoms with Gasteiger partial charge in [-0.3, -0.25) is 0 Å². The molecule has 0 aromatic carbocycles. The molecule has 0 N–H and O–H groups in total. The molecule has 3 saturated heterocycles. The van der Waals surface area contributed by atoms with Crippen molar-refractivity contribution in [2.45, 2.75) is 179 Å². The molecule has 0 aromatic heterocycles. The normalized spacial score (nSPS) is 33.9. The predicted octanol–water partition coefficient (Wildman–Crippen LogP) is 12.2. The van der Waals surface area contributed by atoms with Gasteiger partial charge in [0.1, 0.15) is 0 Å². The summed E-state index contributed by atoms with van der Waals surface area (Å²) in [6.07, 6.45) is 0. The van der Waals surface area contributed by atoms with E-state index in [2.05, 4.69) is 156 Å². The van der Waals surface area contributed by atoms with Crippen LogP contribution in [-0.4, -0.2) is 86.6 Å². The van der Waals surface area contributed by atoms with Gasteiger partial charge in [-0.1, -0.05) is 114 Å². The zero-order valence-electron chi connectivity index (χ0n) is 42.7. The highest BCUT2D eigenvalue weighted by Gasteiger charge is 2.78. The van der Waals surface area contributed by atoms with E-state index in [-0.39, 0.29) is 41.4 Å². The maximum atomic E-state index is 8.02. The van der Waals surface area contributed by atoms with Gasteiger partial charge in [0.2, 0.25) is 25.0 Å². The molecule has 62 heavy (non-hydrogen) atoms. The van der Waals surface area contributed by atoms with Gasteiger partial charge < -0.3 is 49.4 Å². The molecule has 3 fully saturated rings. The number of fused-ring (bicyclic) bond motifs is 3. The lowest BCUT2D eigenvalue weighted by molar-refractivity contribution is 0.00688. The van der Waals surface area contributed by atoms with E-state index in [1.54, 1.807) is 0 Å². The highest BCUT2D eigenvalue weighted by molar-refractivity contribution is 7.01. The van der Waals surface area contributed by atoms with Crippen molar-refractivity contribution >= 4 is 86.6 Å². The fourth-order valence-corrected chi connectivity index (χ4v) is 61.3. The van der Waals surface area contributed by atoms with Crippen LogP contribution in [0.25, 0.3) is 0 Å². The zero-order valence-corrected chi connectivity index (χ0v) is 52.7. The topological polar surface area (TPSA) is 111 Å². The summed E-state index contributed by atoms with van der Waals surface area (Å²) in [5.41, 5.74) is 5.83. The van der Waals surface area contributed by atoms with Crippen LogP contribution < -0.4 is 0 Å². The molecule has 362 valence electrons. The van der Waals surface area contributed by atoms with Gasteiger partial charge >= 0.3 is 61.6 Å². The first-order valence-electron chi connectivity index (χ1n) is 23.4. The van der Waals surface area contributed by atoms with E-state index in [4.69, 9.17) is 49.4 Å². The Morgan fingerprint density at radius 1 is 0.323 bits per heavy atom. The van der Waals surface area contributed by atoms with Crippen LogP contribution in [0, 0.1) is 41.4 Å². The Morgan fingerprint density at radius 3 is 0.629 bits per heavy atom. The molecule has 0 aromatic rings. The van der Waals surface area contributed by atoms with E-state index in [1.807, 2.05) is 17.1 Å². The summed E-state index contributed by atoms with van der Waals surface area (Å²) in [7, 11) is -36.6. The Bertz CT molecular complexity index is 1330. The maximum Gasteiger partial charge on any atom is 0.479 e. The van der Waals surface area contributed by atoms with Crippen LogP contribution in [0.4, 0.5) is 0 Å². The first kappa shape index (κ1) is 57.2. The molecular formula is C40H90O12Si10. The Labute approximate surface area is 390 Å². The lowest BCUT2D eigenvalue weighted by Gasteiger charge is -2.60. The second kappa shape index (κ2) is 21.3. The summed E-state index contributed by atoms with van der Waals surface area (Å²) >= 11 is 0. The van der Waals surface area contributed by atoms with Crippen LogP contribution >= 0.6 is 0 Å². The minimum absolute atomic E-state index is 0.0680. The molecule has 0 atom stereocenters. The van der Waals surface area contributed by atoms with E-state index in [9.17, 15) is 0 Å². The van der Waals surface area contributed by atoms with E-state index in [0.717, 1.165) is 0 Å². The lowest BCUT2D eigenvalue weighted by atomic mass is 10.3. The van der Waals surface area contributed by atoms with E-state index < -0.39 is 86.6 Å². The summed E-state index contributed by atoms with van der Waals surface area (Å²) in [5, 5.41) is 0. The number of hydrogen-bond acceptors (Lipinski definition) is 12. The molecule has 0 radical (unpaired) electrons. The molecule has 4 bridgehead atoms. The highest BCUT2D eigenvalue weighted by Crippen LogP contribution is 2.52. The van der Waals surface area contributed by atoms with Gasteiger partial charge in [0, 0.05) is 42.3 Å². The SMILES string of the molecule is C=C[Si](C)(C)O[Si]1(CC(C)C)O[Si]2(CC(C)C)O[Si](CC(C)C)(O[Si](C)(C)C=C)O[Si]3(CC(C)C)O[Si](CC(C)C)(O[Si](C)(C)C=C)O[Si](CC(C)C)(O1)O[Si](CC(C)C)(O2)O3. The van der Waals surface area contributed by atoms with Crippen LogP contribution in [0.5, 0.6) is 0 Å². The molecule has 3 rings (SSSR count). The fourth-order valence-electron chi connectivity index (χ4n) is 8.27. The van der Waals surface area contributed by atoms with Crippen molar-refractivity contribution in [3.63, 3.8) is 0 Å². The summed E-state index contributed by atoms with van der Waals surface area (Å²) in [6, 6.07) is 3.13. The molecule has 0 aliphatic carbocycles. The average Bonchev–Trinajstić information content (AvgIpc) is 2.99. The van der Waals surface area contributed by atoms with Gasteiger partial charge in [0.05, 0.1) is 0 Å². The molecule has 3 heterocycles. The molecule has 12 nitrogen and oxygen atoms in total. The number of hydrogen-bond donors (Lipinski definition) is 0. The second-order valence-electron chi connectivity index (χ2n) is 22.6. The monoisotopic (exact) mass is 1040 g/mol. The Balaban J connectivity index is 2.86. The van der Waals surface area contributed by atoms with Gasteiger partial charge in [-0.25, -0.2) is 0 Å². The van der Waals surface area contributed by atoms with Gasteiger partial charge in [0.15, 0.2) is 0 Å². The van der Waals surface area contributed by atoms with Crippen LogP contribution in [0.3, 0.4) is 0 Å². The standard InChI is InChI=1S/C40H90O12Si10/c1-24-53(18,19)41-56(27-34(4)5)44-59(30-37(10)11)46-57(28-35(6)7,42-54(20,21)25-2)48-61(32-39(14)15)49-58(29-36(8)9,43-55(22,23)26-3)47-60(45-56,31-38(12)13)51-62(50-59,52-61)33-40(16)17/h24-26,34-40H,1-3,27-33H2,4-23H3. The van der Waals surface area contributed by atoms with Gasteiger partial charge in [-0.05, 0) is 80.7 Å². The summed E-state index contributed by atoms with van der Waals surface area (Å²) in [6.45, 7) is 56.1. The molecule has 0 amide bonds. The Hall–Kier alpha value is 0.909. The first-order chi connectivity index (χ1) is 28.1. The smallest absolute Gasteiger partial charge is 0.413 e. The second-order valence-corrected chi connectivity index (χ2v) is 55.7. The van der Waals surface area contributed by atoms with E-state index >= 15 is 0 Å². The predicted molar refractivity (Wildman–Crippen MR) is 274 cm³/mol. The van der Waals surface area contributed by atoms with Crippen molar-refractivity contribution in [3.05, 3.63) is 36.8 Å². The molecule has 0 unspecified atom stereocenters. The molecule has 3 aliphatic heterocycles. The summed E-state index contributed by atoms with van der Waals surface area (Å²) in [5.74, 6) is 0.535. The third-order valence-electron chi connectivity index (χ3n) is 10.1. The van der Waals surface area contributed by atoms with Crippen LogP contribution in [-0.2, 0) is 49.4 Å². The van der Waals surface area contributed by atoms with Crippen molar-refractivity contribution in [2.24, 2.45) is 41.4 Å². The Morgan fingerprint density at radius 2 is 0.484 bits per heavy atom. The van der Waals surface area contributed by atoms with Crippen molar-refractivity contribution < 1.29 is 49.4 Å². The quantitative estimate of drug-likeness (QED) is 0.0909. The lowest BCUT2D eigenvalue weighted by Crippen LogP contribution is -2.84.